The van der Waals surface area contributed by atoms with Crippen molar-refractivity contribution in [1.82, 2.24) is 9.88 Å². The highest BCUT2D eigenvalue weighted by molar-refractivity contribution is 7.80. The van der Waals surface area contributed by atoms with Crippen LogP contribution in [-0.4, -0.2) is 21.5 Å². The molecule has 0 radical (unpaired) electrons. The van der Waals surface area contributed by atoms with Crippen LogP contribution in [0.25, 0.3) is 17.0 Å². The maximum atomic E-state index is 13.1. The minimum absolute atomic E-state index is 0.0585. The van der Waals surface area contributed by atoms with E-state index in [0.717, 1.165) is 22.0 Å². The highest BCUT2D eigenvalue weighted by Gasteiger charge is 2.35. The van der Waals surface area contributed by atoms with E-state index >= 15 is 0 Å². The molecule has 2 amide bonds. The van der Waals surface area contributed by atoms with E-state index in [1.807, 2.05) is 73.3 Å². The summed E-state index contributed by atoms with van der Waals surface area (Å²) in [5, 5.41) is 3.70. The maximum absolute atomic E-state index is 13.1. The molecule has 27 heavy (non-hydrogen) atoms. The van der Waals surface area contributed by atoms with E-state index in [9.17, 15) is 9.59 Å². The molecule has 1 fully saturated rings. The first-order valence-corrected chi connectivity index (χ1v) is 8.89. The minimum atomic E-state index is -0.484. The third-order valence-corrected chi connectivity index (χ3v) is 4.97. The van der Waals surface area contributed by atoms with Gasteiger partial charge in [0.25, 0.3) is 11.8 Å². The van der Waals surface area contributed by atoms with Gasteiger partial charge in [-0.1, -0.05) is 36.4 Å². The van der Waals surface area contributed by atoms with E-state index in [2.05, 4.69) is 5.32 Å². The number of nitrogens with one attached hydrogen (secondary N) is 1. The van der Waals surface area contributed by atoms with Crippen LogP contribution in [0.3, 0.4) is 0 Å². The molecule has 2 aromatic carbocycles. The molecule has 0 aliphatic carbocycles. The van der Waals surface area contributed by atoms with Gasteiger partial charge in [0.2, 0.25) is 0 Å². The van der Waals surface area contributed by atoms with Gasteiger partial charge in [0.1, 0.15) is 5.57 Å². The zero-order valence-corrected chi connectivity index (χ0v) is 15.7. The molecule has 1 saturated heterocycles. The number of carbonyl (C=O) groups excluding carboxylic acids is 2. The van der Waals surface area contributed by atoms with Gasteiger partial charge in [-0.2, -0.15) is 0 Å². The Labute approximate surface area is 161 Å². The lowest BCUT2D eigenvalue weighted by atomic mass is 10.1. The molecular formula is C21H17N3O2S. The second-order valence-electron chi connectivity index (χ2n) is 6.46. The van der Waals surface area contributed by atoms with Gasteiger partial charge in [0.05, 0.1) is 5.69 Å². The number of aromatic nitrogens is 1. The van der Waals surface area contributed by atoms with Crippen molar-refractivity contribution in [2.75, 3.05) is 4.90 Å². The molecule has 1 aliphatic heterocycles. The molecule has 0 spiro atoms. The molecule has 4 rings (SSSR count). The number of anilines is 1. The fourth-order valence-electron chi connectivity index (χ4n) is 3.33. The molecule has 0 unspecified atom stereocenters. The van der Waals surface area contributed by atoms with E-state index in [1.54, 1.807) is 6.08 Å². The fourth-order valence-corrected chi connectivity index (χ4v) is 3.61. The average molecular weight is 375 g/mol. The molecule has 134 valence electrons. The molecule has 1 N–H and O–H groups in total. The van der Waals surface area contributed by atoms with Gasteiger partial charge in [-0.15, -0.1) is 0 Å². The quantitative estimate of drug-likeness (QED) is 0.425. The van der Waals surface area contributed by atoms with Gasteiger partial charge in [-0.25, -0.2) is 0 Å². The molecular weight excluding hydrogens is 358 g/mol. The number of hydrogen-bond acceptors (Lipinski definition) is 3. The van der Waals surface area contributed by atoms with Gasteiger partial charge in [0, 0.05) is 29.7 Å². The Bertz CT molecular complexity index is 1140. The summed E-state index contributed by atoms with van der Waals surface area (Å²) in [5.41, 5.74) is 3.46. The predicted octanol–water partition coefficient (Wildman–Crippen LogP) is 3.32. The largest absolute Gasteiger partial charge is 0.350 e. The smallest absolute Gasteiger partial charge is 0.270 e. The lowest BCUT2D eigenvalue weighted by Crippen LogP contribution is -2.54. The van der Waals surface area contributed by atoms with Crippen molar-refractivity contribution < 1.29 is 9.59 Å². The van der Waals surface area contributed by atoms with Crippen molar-refractivity contribution in [3.63, 3.8) is 0 Å². The number of carbonyl (C=O) groups is 2. The van der Waals surface area contributed by atoms with E-state index in [4.69, 9.17) is 12.2 Å². The first-order chi connectivity index (χ1) is 13.0. The third-order valence-electron chi connectivity index (χ3n) is 4.69. The van der Waals surface area contributed by atoms with Crippen LogP contribution in [0.4, 0.5) is 5.69 Å². The maximum Gasteiger partial charge on any atom is 0.270 e. The molecule has 6 heteroatoms. The first kappa shape index (κ1) is 17.2. The second kappa shape index (κ2) is 6.48. The molecule has 1 aliphatic rings. The average Bonchev–Trinajstić information content (AvgIpc) is 2.96. The molecule has 0 bridgehead atoms. The normalized spacial score (nSPS) is 16.3. The Morgan fingerprint density at radius 1 is 1.04 bits per heavy atom. The highest BCUT2D eigenvalue weighted by atomic mass is 32.1. The SMILES string of the molecule is Cc1ccccc1N1C(=O)/C(=C/c2cn(C)c3ccccc23)C(=O)NC1=S. The van der Waals surface area contributed by atoms with Gasteiger partial charge in [0.15, 0.2) is 5.11 Å². The number of fused-ring (bicyclic) bond motifs is 1. The van der Waals surface area contributed by atoms with Crippen LogP contribution in [-0.2, 0) is 16.6 Å². The number of nitrogens with zero attached hydrogens (tertiary/aromatic N) is 2. The Morgan fingerprint density at radius 3 is 2.52 bits per heavy atom. The number of aryl methyl sites for hydroxylation is 2. The number of thiocarbonyl (C=S) groups is 1. The molecule has 0 saturated carbocycles. The van der Waals surface area contributed by atoms with Crippen LogP contribution in [0.15, 0.2) is 60.3 Å². The van der Waals surface area contributed by atoms with Gasteiger partial charge >= 0.3 is 0 Å². The van der Waals surface area contributed by atoms with Crippen molar-refractivity contribution in [2.45, 2.75) is 6.92 Å². The van der Waals surface area contributed by atoms with Crippen molar-refractivity contribution in [3.05, 3.63) is 71.4 Å². The zero-order valence-electron chi connectivity index (χ0n) is 14.9. The predicted molar refractivity (Wildman–Crippen MR) is 110 cm³/mol. The van der Waals surface area contributed by atoms with Crippen LogP contribution in [0.5, 0.6) is 0 Å². The second-order valence-corrected chi connectivity index (χ2v) is 6.84. The van der Waals surface area contributed by atoms with Crippen LogP contribution in [0.2, 0.25) is 0 Å². The molecule has 3 aromatic rings. The van der Waals surface area contributed by atoms with Crippen molar-refractivity contribution >= 4 is 51.8 Å². The highest BCUT2D eigenvalue weighted by Crippen LogP contribution is 2.27. The number of hydrogen-bond donors (Lipinski definition) is 1. The zero-order chi connectivity index (χ0) is 19.1. The Morgan fingerprint density at radius 2 is 1.74 bits per heavy atom. The van der Waals surface area contributed by atoms with Crippen LogP contribution < -0.4 is 10.2 Å². The van der Waals surface area contributed by atoms with E-state index < -0.39 is 11.8 Å². The molecule has 2 heterocycles. The summed E-state index contributed by atoms with van der Waals surface area (Å²) >= 11 is 5.26. The van der Waals surface area contributed by atoms with Crippen molar-refractivity contribution in [3.8, 4) is 0 Å². The third kappa shape index (κ3) is 2.84. The van der Waals surface area contributed by atoms with Crippen LogP contribution in [0, 0.1) is 6.92 Å². The van der Waals surface area contributed by atoms with Crippen molar-refractivity contribution in [1.29, 1.82) is 0 Å². The van der Waals surface area contributed by atoms with E-state index in [-0.39, 0.29) is 10.7 Å². The summed E-state index contributed by atoms with van der Waals surface area (Å²) in [7, 11) is 1.93. The summed E-state index contributed by atoms with van der Waals surface area (Å²) in [5.74, 6) is -0.909. The summed E-state index contributed by atoms with van der Waals surface area (Å²) < 4.78 is 1.97. The lowest BCUT2D eigenvalue weighted by Gasteiger charge is -2.29. The van der Waals surface area contributed by atoms with Gasteiger partial charge < -0.3 is 4.57 Å². The van der Waals surface area contributed by atoms with E-state index in [0.29, 0.717) is 5.69 Å². The van der Waals surface area contributed by atoms with Gasteiger partial charge in [-0.05, 0) is 42.9 Å². The summed E-state index contributed by atoms with van der Waals surface area (Å²) in [6.45, 7) is 1.90. The fraction of sp³-hybridized carbons (Fsp3) is 0.0952. The lowest BCUT2D eigenvalue weighted by molar-refractivity contribution is -0.122. The summed E-state index contributed by atoms with van der Waals surface area (Å²) in [6, 6.07) is 15.3. The van der Waals surface area contributed by atoms with Crippen LogP contribution in [0.1, 0.15) is 11.1 Å². The minimum Gasteiger partial charge on any atom is -0.350 e. The Balaban J connectivity index is 1.83. The monoisotopic (exact) mass is 375 g/mol. The molecule has 0 atom stereocenters. The summed E-state index contributed by atoms with van der Waals surface area (Å²) in [4.78, 5) is 27.0. The standard InChI is InChI=1S/C21H17N3O2S/c1-13-7-3-5-9-17(13)24-20(26)16(19(25)22-21(24)27)11-14-12-23(2)18-10-6-4-8-15(14)18/h3-12H,1-2H3,(H,22,25,27)/b16-11+. The van der Waals surface area contributed by atoms with Crippen LogP contribution >= 0.6 is 12.2 Å². The number of para-hydroxylation sites is 2. The number of rotatable bonds is 2. The van der Waals surface area contributed by atoms with Crippen molar-refractivity contribution in [2.24, 2.45) is 7.05 Å². The first-order valence-electron chi connectivity index (χ1n) is 8.48. The number of benzene rings is 2. The summed E-state index contributed by atoms with van der Waals surface area (Å²) in [6.07, 6.45) is 3.54. The van der Waals surface area contributed by atoms with Gasteiger partial charge in [-0.3, -0.25) is 19.8 Å². The Kier molecular flexibility index (Phi) is 4.12. The Hall–Kier alpha value is -3.25. The molecule has 5 nitrogen and oxygen atoms in total. The van der Waals surface area contributed by atoms with E-state index in [1.165, 1.54) is 4.90 Å². The topological polar surface area (TPSA) is 54.3 Å². The molecule has 1 aromatic heterocycles. The number of amides is 2.